The number of nitrogens with zero attached hydrogens (tertiary/aromatic N) is 2. The molecule has 1 saturated heterocycles. The number of hydrazine groups is 1. The van der Waals surface area contributed by atoms with Gasteiger partial charge in [-0.2, -0.15) is 0 Å². The quantitative estimate of drug-likeness (QED) is 0.556. The molecule has 2 fully saturated rings. The molecule has 0 aromatic rings. The zero-order valence-corrected chi connectivity index (χ0v) is 8.71. The molecule has 2 rings (SSSR count). The largest absolute Gasteiger partial charge is 0.297 e. The molecule has 74 valence electrons. The Hall–Kier alpha value is -0.410. The molecule has 0 N–H and O–H groups in total. The highest BCUT2D eigenvalue weighted by Crippen LogP contribution is 2.45. The van der Waals surface area contributed by atoms with Crippen LogP contribution < -0.4 is 0 Å². The predicted octanol–water partition coefficient (Wildman–Crippen LogP) is 0.906. The van der Waals surface area contributed by atoms with E-state index in [4.69, 9.17) is 0 Å². The van der Waals surface area contributed by atoms with Gasteiger partial charge in [0.15, 0.2) is 5.78 Å². The van der Waals surface area contributed by atoms with Crippen LogP contribution in [0.25, 0.3) is 0 Å². The molecule has 2 aliphatic rings. The summed E-state index contributed by atoms with van der Waals surface area (Å²) in [6.07, 6.45) is 3.44. The summed E-state index contributed by atoms with van der Waals surface area (Å²) in [7, 11) is 4.07. The van der Waals surface area contributed by atoms with Crippen molar-refractivity contribution in [3.8, 4) is 0 Å². The molecule has 1 spiro atoms. The molecular weight excluding hydrogens is 164 g/mol. The fraction of sp³-hybridized carbons (Fsp3) is 0.900. The maximum Gasteiger partial charge on any atom is 0.158 e. The van der Waals surface area contributed by atoms with Crippen LogP contribution in [0.1, 0.15) is 26.2 Å². The number of ketones is 1. The van der Waals surface area contributed by atoms with Crippen LogP contribution in [0, 0.1) is 5.41 Å². The minimum Gasteiger partial charge on any atom is -0.297 e. The summed E-state index contributed by atoms with van der Waals surface area (Å²) in [6.45, 7) is 2.94. The Morgan fingerprint density at radius 3 is 2.46 bits per heavy atom. The molecule has 1 aliphatic carbocycles. The second-order valence-electron chi connectivity index (χ2n) is 4.56. The van der Waals surface area contributed by atoms with Gasteiger partial charge in [0.2, 0.25) is 0 Å². The topological polar surface area (TPSA) is 23.6 Å². The molecule has 0 unspecified atom stereocenters. The number of hydrogen-bond acceptors (Lipinski definition) is 3. The molecule has 0 aromatic carbocycles. The van der Waals surface area contributed by atoms with Crippen molar-refractivity contribution in [2.45, 2.75) is 32.2 Å². The number of hydrogen-bond donors (Lipinski definition) is 0. The summed E-state index contributed by atoms with van der Waals surface area (Å²) < 4.78 is 0. The van der Waals surface area contributed by atoms with Gasteiger partial charge in [-0.05, 0) is 19.8 Å². The molecule has 1 aliphatic heterocycles. The first kappa shape index (κ1) is 9.16. The zero-order chi connectivity index (χ0) is 9.64. The first-order chi connectivity index (χ1) is 6.07. The van der Waals surface area contributed by atoms with Crippen LogP contribution in [0.4, 0.5) is 0 Å². The highest BCUT2D eigenvalue weighted by molar-refractivity contribution is 5.91. The van der Waals surface area contributed by atoms with Gasteiger partial charge in [0.05, 0.1) is 6.04 Å². The van der Waals surface area contributed by atoms with Crippen LogP contribution in [0.15, 0.2) is 0 Å². The Morgan fingerprint density at radius 2 is 2.00 bits per heavy atom. The van der Waals surface area contributed by atoms with E-state index in [0.717, 1.165) is 19.4 Å². The van der Waals surface area contributed by atoms with Crippen molar-refractivity contribution >= 4 is 5.78 Å². The first-order valence-corrected chi connectivity index (χ1v) is 5.05. The molecule has 1 saturated carbocycles. The third-order valence-corrected chi connectivity index (χ3v) is 3.84. The van der Waals surface area contributed by atoms with E-state index in [9.17, 15) is 4.79 Å². The summed E-state index contributed by atoms with van der Waals surface area (Å²) in [5.41, 5.74) is 0.0284. The van der Waals surface area contributed by atoms with E-state index < -0.39 is 0 Å². The minimum absolute atomic E-state index is 0.0284. The lowest BCUT2D eigenvalue weighted by Crippen LogP contribution is -2.63. The minimum atomic E-state index is 0.0284. The third-order valence-electron chi connectivity index (χ3n) is 3.84. The van der Waals surface area contributed by atoms with Gasteiger partial charge in [-0.1, -0.05) is 6.42 Å². The van der Waals surface area contributed by atoms with Crippen molar-refractivity contribution in [3.05, 3.63) is 0 Å². The summed E-state index contributed by atoms with van der Waals surface area (Å²) in [4.78, 5) is 12.0. The van der Waals surface area contributed by atoms with Crippen LogP contribution in [-0.4, -0.2) is 42.5 Å². The standard InChI is InChI=1S/C10H18N2O/c1-8-9(13)10(5-4-6-10)7-11(2)12(8)3/h8H,4-7H2,1-3H3/t8-/m1/s1. The third kappa shape index (κ3) is 1.14. The van der Waals surface area contributed by atoms with E-state index in [0.29, 0.717) is 5.78 Å². The van der Waals surface area contributed by atoms with Gasteiger partial charge in [-0.3, -0.25) is 4.79 Å². The van der Waals surface area contributed by atoms with Gasteiger partial charge in [0.25, 0.3) is 0 Å². The molecule has 0 bridgehead atoms. The average molecular weight is 182 g/mol. The van der Waals surface area contributed by atoms with Crippen LogP contribution in [0.5, 0.6) is 0 Å². The summed E-state index contributed by atoms with van der Waals surface area (Å²) in [5.74, 6) is 0.458. The predicted molar refractivity (Wildman–Crippen MR) is 51.1 cm³/mol. The van der Waals surface area contributed by atoms with Crippen LogP contribution >= 0.6 is 0 Å². The number of likely N-dealkylation sites (N-methyl/N-ethyl adjacent to an activating group) is 1. The van der Waals surface area contributed by atoms with Gasteiger partial charge in [0, 0.05) is 26.1 Å². The Balaban J connectivity index is 2.20. The molecule has 0 amide bonds. The van der Waals surface area contributed by atoms with Gasteiger partial charge >= 0.3 is 0 Å². The van der Waals surface area contributed by atoms with E-state index >= 15 is 0 Å². The second-order valence-corrected chi connectivity index (χ2v) is 4.56. The van der Waals surface area contributed by atoms with Crippen LogP contribution in [-0.2, 0) is 4.79 Å². The molecule has 1 atom stereocenters. The second kappa shape index (κ2) is 2.79. The van der Waals surface area contributed by atoms with E-state index in [2.05, 4.69) is 12.1 Å². The van der Waals surface area contributed by atoms with E-state index in [-0.39, 0.29) is 11.5 Å². The van der Waals surface area contributed by atoms with E-state index in [1.807, 2.05) is 19.0 Å². The van der Waals surface area contributed by atoms with Gasteiger partial charge in [0.1, 0.15) is 0 Å². The number of rotatable bonds is 0. The van der Waals surface area contributed by atoms with Gasteiger partial charge in [-0.25, -0.2) is 10.0 Å². The Bertz CT molecular complexity index is 235. The lowest BCUT2D eigenvalue weighted by molar-refractivity contribution is -0.165. The lowest BCUT2D eigenvalue weighted by Gasteiger charge is -2.52. The Morgan fingerprint density at radius 1 is 1.38 bits per heavy atom. The average Bonchev–Trinajstić information content (AvgIpc) is 2.05. The van der Waals surface area contributed by atoms with Crippen molar-refractivity contribution in [2.75, 3.05) is 20.6 Å². The molecule has 13 heavy (non-hydrogen) atoms. The maximum absolute atomic E-state index is 12.0. The van der Waals surface area contributed by atoms with Crippen molar-refractivity contribution in [2.24, 2.45) is 5.41 Å². The SMILES string of the molecule is C[C@@H]1C(=O)C2(CCC2)CN(C)N1C. The molecular formula is C10H18N2O. The first-order valence-electron chi connectivity index (χ1n) is 5.05. The van der Waals surface area contributed by atoms with E-state index in [1.165, 1.54) is 6.42 Å². The summed E-state index contributed by atoms with van der Waals surface area (Å²) in [5, 5.41) is 4.23. The normalized spacial score (nSPS) is 35.0. The smallest absolute Gasteiger partial charge is 0.158 e. The fourth-order valence-corrected chi connectivity index (χ4v) is 2.54. The zero-order valence-electron chi connectivity index (χ0n) is 8.71. The van der Waals surface area contributed by atoms with E-state index in [1.54, 1.807) is 0 Å². The Labute approximate surface area is 79.7 Å². The molecule has 3 heteroatoms. The highest BCUT2D eigenvalue weighted by Gasteiger charge is 2.50. The van der Waals surface area contributed by atoms with Gasteiger partial charge < -0.3 is 0 Å². The number of carbonyl (C=O) groups is 1. The lowest BCUT2D eigenvalue weighted by atomic mass is 9.63. The molecule has 0 aromatic heterocycles. The maximum atomic E-state index is 12.0. The summed E-state index contributed by atoms with van der Waals surface area (Å²) >= 11 is 0. The number of Topliss-reactive ketones (excluding diaryl/α,β-unsaturated/α-hetero) is 1. The fourth-order valence-electron chi connectivity index (χ4n) is 2.54. The van der Waals surface area contributed by atoms with Crippen molar-refractivity contribution in [1.29, 1.82) is 0 Å². The van der Waals surface area contributed by atoms with Crippen LogP contribution in [0.2, 0.25) is 0 Å². The van der Waals surface area contributed by atoms with Crippen LogP contribution in [0.3, 0.4) is 0 Å². The highest BCUT2D eigenvalue weighted by atomic mass is 16.1. The van der Waals surface area contributed by atoms with Crippen molar-refractivity contribution < 1.29 is 4.79 Å². The Kier molecular flexibility index (Phi) is 1.96. The molecule has 1 heterocycles. The van der Waals surface area contributed by atoms with Crippen molar-refractivity contribution in [1.82, 2.24) is 10.0 Å². The summed E-state index contributed by atoms with van der Waals surface area (Å²) in [6, 6.07) is 0.0686. The molecule has 3 nitrogen and oxygen atoms in total. The monoisotopic (exact) mass is 182 g/mol. The number of carbonyl (C=O) groups excluding carboxylic acids is 1. The van der Waals surface area contributed by atoms with Crippen molar-refractivity contribution in [3.63, 3.8) is 0 Å². The molecule has 0 radical (unpaired) electrons. The van der Waals surface area contributed by atoms with Gasteiger partial charge in [-0.15, -0.1) is 0 Å².